The van der Waals surface area contributed by atoms with Crippen molar-refractivity contribution < 1.29 is 14.6 Å². The number of carbonyl (C=O) groups is 1. The highest BCUT2D eigenvalue weighted by atomic mass is 16.5. The molecule has 0 aliphatic rings. The van der Waals surface area contributed by atoms with Gasteiger partial charge in [0, 0.05) is 11.3 Å². The van der Waals surface area contributed by atoms with Gasteiger partial charge in [-0.15, -0.1) is 0 Å². The molecule has 0 bridgehead atoms. The molecule has 0 aliphatic heterocycles. The molecule has 0 atom stereocenters. The van der Waals surface area contributed by atoms with Gasteiger partial charge in [-0.3, -0.25) is 4.79 Å². The third kappa shape index (κ3) is 3.85. The van der Waals surface area contributed by atoms with E-state index in [1.165, 1.54) is 7.11 Å². The summed E-state index contributed by atoms with van der Waals surface area (Å²) in [6.07, 6.45) is 0. The lowest BCUT2D eigenvalue weighted by Gasteiger charge is -2.08. The summed E-state index contributed by atoms with van der Waals surface area (Å²) in [5, 5.41) is 11.6. The Bertz CT molecular complexity index is 684. The summed E-state index contributed by atoms with van der Waals surface area (Å²) in [5.74, 6) is 5.65. The van der Waals surface area contributed by atoms with Gasteiger partial charge in [0.15, 0.2) is 0 Å². The van der Waals surface area contributed by atoms with Gasteiger partial charge in [-0.05, 0) is 30.3 Å². The van der Waals surface area contributed by atoms with Crippen molar-refractivity contribution in [2.45, 2.75) is 0 Å². The number of para-hydroxylation sites is 1. The number of hydrogen-bond donors (Lipinski definition) is 2. The van der Waals surface area contributed by atoms with E-state index in [4.69, 9.17) is 9.84 Å². The summed E-state index contributed by atoms with van der Waals surface area (Å²) in [5.41, 5.74) is 1.76. The molecule has 0 saturated carbocycles. The molecule has 2 N–H and O–H groups in total. The molecule has 0 heterocycles. The fourth-order valence-electron chi connectivity index (χ4n) is 1.81. The molecule has 0 aromatic heterocycles. The van der Waals surface area contributed by atoms with Gasteiger partial charge >= 0.3 is 0 Å². The Labute approximate surface area is 123 Å². The van der Waals surface area contributed by atoms with Crippen LogP contribution in [0, 0.1) is 11.8 Å². The van der Waals surface area contributed by atoms with Crippen LogP contribution in [0.3, 0.4) is 0 Å². The third-order valence-electron chi connectivity index (χ3n) is 2.80. The van der Waals surface area contributed by atoms with Gasteiger partial charge in [-0.2, -0.15) is 0 Å². The average Bonchev–Trinajstić information content (AvgIpc) is 2.53. The first-order valence-corrected chi connectivity index (χ1v) is 6.38. The number of amides is 1. The predicted molar refractivity (Wildman–Crippen MR) is 81.4 cm³/mol. The number of nitrogens with one attached hydrogen (secondary N) is 1. The lowest BCUT2D eigenvalue weighted by molar-refractivity contribution is 0.102. The minimum absolute atomic E-state index is 0.226. The van der Waals surface area contributed by atoms with E-state index in [0.717, 1.165) is 5.69 Å². The summed E-state index contributed by atoms with van der Waals surface area (Å²) in [6.45, 7) is -0.246. The number of benzene rings is 2. The minimum atomic E-state index is -0.246. The lowest BCUT2D eigenvalue weighted by atomic mass is 10.1. The fourth-order valence-corrected chi connectivity index (χ4v) is 1.81. The van der Waals surface area contributed by atoms with Crippen molar-refractivity contribution >= 4 is 11.6 Å². The number of aliphatic hydroxyl groups excluding tert-OH is 1. The number of aliphatic hydroxyl groups is 1. The van der Waals surface area contributed by atoms with Crippen LogP contribution >= 0.6 is 0 Å². The molecule has 0 radical (unpaired) electrons. The zero-order valence-electron chi connectivity index (χ0n) is 11.6. The smallest absolute Gasteiger partial charge is 0.255 e. The molecule has 21 heavy (non-hydrogen) atoms. The molecule has 0 saturated heterocycles. The summed E-state index contributed by atoms with van der Waals surface area (Å²) >= 11 is 0. The second-order valence-corrected chi connectivity index (χ2v) is 4.20. The van der Waals surface area contributed by atoms with Crippen LogP contribution in [0.1, 0.15) is 15.9 Å². The molecule has 4 nitrogen and oxygen atoms in total. The molecule has 4 heteroatoms. The predicted octanol–water partition coefficient (Wildman–Crippen LogP) is 2.29. The number of ether oxygens (including phenoxy) is 1. The Kier molecular flexibility index (Phi) is 4.97. The maximum absolute atomic E-state index is 12.2. The molecule has 0 fully saturated rings. The van der Waals surface area contributed by atoms with E-state index in [1.807, 2.05) is 30.3 Å². The highest BCUT2D eigenvalue weighted by Gasteiger charge is 2.09. The Morgan fingerprint density at radius 3 is 2.67 bits per heavy atom. The molecular weight excluding hydrogens is 266 g/mol. The van der Waals surface area contributed by atoms with E-state index in [9.17, 15) is 4.79 Å². The summed E-state index contributed by atoms with van der Waals surface area (Å²) in [6, 6.07) is 14.2. The van der Waals surface area contributed by atoms with Gasteiger partial charge in [-0.1, -0.05) is 30.0 Å². The van der Waals surface area contributed by atoms with Gasteiger partial charge in [0.05, 0.1) is 12.7 Å². The van der Waals surface area contributed by atoms with Crippen LogP contribution in [0.25, 0.3) is 0 Å². The average molecular weight is 281 g/mol. The van der Waals surface area contributed by atoms with Crippen molar-refractivity contribution in [1.82, 2.24) is 0 Å². The zero-order valence-corrected chi connectivity index (χ0v) is 11.6. The molecular formula is C17H15NO3. The molecule has 2 aromatic carbocycles. The van der Waals surface area contributed by atoms with Gasteiger partial charge < -0.3 is 15.2 Å². The number of anilines is 1. The fraction of sp³-hybridized carbons (Fsp3) is 0.118. The van der Waals surface area contributed by atoms with Crippen molar-refractivity contribution in [3.63, 3.8) is 0 Å². The first-order valence-electron chi connectivity index (χ1n) is 6.38. The molecule has 2 aromatic rings. The van der Waals surface area contributed by atoms with E-state index >= 15 is 0 Å². The van der Waals surface area contributed by atoms with Crippen molar-refractivity contribution in [2.24, 2.45) is 0 Å². The first-order chi connectivity index (χ1) is 10.2. The van der Waals surface area contributed by atoms with E-state index in [-0.39, 0.29) is 12.5 Å². The van der Waals surface area contributed by atoms with Crippen molar-refractivity contribution in [3.8, 4) is 17.6 Å². The Morgan fingerprint density at radius 1 is 1.24 bits per heavy atom. The minimum Gasteiger partial charge on any atom is -0.495 e. The van der Waals surface area contributed by atoms with Crippen LogP contribution in [0.15, 0.2) is 48.5 Å². The molecule has 106 valence electrons. The molecule has 0 aliphatic carbocycles. The SMILES string of the molecule is COc1ccc(C(=O)Nc2ccccc2)cc1C#CCO. The first kappa shape index (κ1) is 14.6. The standard InChI is InChI=1S/C17H15NO3/c1-21-16-10-9-14(12-13(16)6-5-11-19)17(20)18-15-7-3-2-4-8-15/h2-4,7-10,12,19H,11H2,1H3,(H,18,20). The summed E-state index contributed by atoms with van der Waals surface area (Å²) < 4.78 is 5.18. The third-order valence-corrected chi connectivity index (χ3v) is 2.80. The van der Waals surface area contributed by atoms with Crippen LogP contribution in [0.4, 0.5) is 5.69 Å². The molecule has 1 amide bonds. The molecule has 2 rings (SSSR count). The van der Waals surface area contributed by atoms with E-state index in [0.29, 0.717) is 16.9 Å². The van der Waals surface area contributed by atoms with Crippen molar-refractivity contribution in [2.75, 3.05) is 19.0 Å². The highest BCUT2D eigenvalue weighted by molar-refractivity contribution is 6.04. The maximum atomic E-state index is 12.2. The van der Waals surface area contributed by atoms with Crippen LogP contribution in [-0.4, -0.2) is 24.7 Å². The highest BCUT2D eigenvalue weighted by Crippen LogP contribution is 2.19. The number of hydrogen-bond acceptors (Lipinski definition) is 3. The van der Waals surface area contributed by atoms with E-state index in [2.05, 4.69) is 17.2 Å². The largest absolute Gasteiger partial charge is 0.495 e. The van der Waals surface area contributed by atoms with E-state index in [1.54, 1.807) is 18.2 Å². The van der Waals surface area contributed by atoms with Crippen molar-refractivity contribution in [1.29, 1.82) is 0 Å². The maximum Gasteiger partial charge on any atom is 0.255 e. The quantitative estimate of drug-likeness (QED) is 0.849. The summed E-state index contributed by atoms with van der Waals surface area (Å²) in [7, 11) is 1.53. The van der Waals surface area contributed by atoms with Gasteiger partial charge in [0.25, 0.3) is 5.91 Å². The number of carbonyl (C=O) groups excluding carboxylic acids is 1. The normalized spacial score (nSPS) is 9.43. The topological polar surface area (TPSA) is 58.6 Å². The van der Waals surface area contributed by atoms with Crippen LogP contribution in [-0.2, 0) is 0 Å². The number of rotatable bonds is 3. The summed E-state index contributed by atoms with van der Waals surface area (Å²) in [4.78, 5) is 12.2. The van der Waals surface area contributed by atoms with Gasteiger partial charge in [-0.25, -0.2) is 0 Å². The zero-order chi connectivity index (χ0) is 15.1. The monoisotopic (exact) mass is 281 g/mol. The van der Waals surface area contributed by atoms with Crippen LogP contribution in [0.2, 0.25) is 0 Å². The Morgan fingerprint density at radius 2 is 2.00 bits per heavy atom. The van der Waals surface area contributed by atoms with E-state index < -0.39 is 0 Å². The van der Waals surface area contributed by atoms with Gasteiger partial charge in [0.1, 0.15) is 12.4 Å². The Balaban J connectivity index is 2.25. The Hall–Kier alpha value is -2.77. The van der Waals surface area contributed by atoms with Gasteiger partial charge in [0.2, 0.25) is 0 Å². The molecule has 0 spiro atoms. The second kappa shape index (κ2) is 7.13. The second-order valence-electron chi connectivity index (χ2n) is 4.20. The van der Waals surface area contributed by atoms with Crippen LogP contribution < -0.4 is 10.1 Å². The van der Waals surface area contributed by atoms with Crippen molar-refractivity contribution in [3.05, 3.63) is 59.7 Å². The molecule has 0 unspecified atom stereocenters. The lowest BCUT2D eigenvalue weighted by Crippen LogP contribution is -2.12. The van der Waals surface area contributed by atoms with Crippen LogP contribution in [0.5, 0.6) is 5.75 Å². The number of methoxy groups -OCH3 is 1.